The van der Waals surface area contributed by atoms with E-state index in [1.54, 1.807) is 16.0 Å². The largest absolute Gasteiger partial charge is 0.348 e. The number of thiazole rings is 1. The Morgan fingerprint density at radius 3 is 2.72 bits per heavy atom. The Bertz CT molecular complexity index is 855. The van der Waals surface area contributed by atoms with Crippen molar-refractivity contribution in [2.24, 2.45) is 7.05 Å². The van der Waals surface area contributed by atoms with Crippen LogP contribution in [-0.2, 0) is 7.05 Å². The number of hydrogen-bond acceptors (Lipinski definition) is 5. The second-order valence-corrected chi connectivity index (χ2v) is 7.50. The van der Waals surface area contributed by atoms with Crippen molar-refractivity contribution < 1.29 is 4.79 Å². The standard InChI is InChI=1S/C18H21N5OS/c1-12-11-15(21-22(12)2)17(24)19-13-7-9-23(10-8-13)18-20-14-5-3-4-6-16(14)25-18/h3-6,11,13H,7-10H2,1-2H3,(H,19,24). The molecule has 1 amide bonds. The van der Waals surface area contributed by atoms with E-state index in [-0.39, 0.29) is 11.9 Å². The quantitative estimate of drug-likeness (QED) is 0.785. The van der Waals surface area contributed by atoms with Gasteiger partial charge in [-0.3, -0.25) is 9.48 Å². The molecule has 6 nitrogen and oxygen atoms in total. The molecule has 3 heterocycles. The van der Waals surface area contributed by atoms with Crippen LogP contribution in [0.4, 0.5) is 5.13 Å². The third-order valence-corrected chi connectivity index (χ3v) is 5.83. The SMILES string of the molecule is Cc1cc(C(=O)NC2CCN(c3nc4ccccc4s3)CC2)nn1C. The number of nitrogens with zero attached hydrogens (tertiary/aromatic N) is 4. The topological polar surface area (TPSA) is 63.1 Å². The molecule has 3 aromatic rings. The molecule has 0 saturated carbocycles. The summed E-state index contributed by atoms with van der Waals surface area (Å²) in [5.74, 6) is -0.0814. The third-order valence-electron chi connectivity index (χ3n) is 4.73. The lowest BCUT2D eigenvalue weighted by Gasteiger charge is -2.31. The molecule has 1 saturated heterocycles. The summed E-state index contributed by atoms with van der Waals surface area (Å²) in [7, 11) is 1.85. The summed E-state index contributed by atoms with van der Waals surface area (Å²) < 4.78 is 2.95. The maximum absolute atomic E-state index is 12.3. The Morgan fingerprint density at radius 2 is 2.04 bits per heavy atom. The average Bonchev–Trinajstić information content (AvgIpc) is 3.19. The zero-order valence-corrected chi connectivity index (χ0v) is 15.2. The molecule has 0 radical (unpaired) electrons. The predicted molar refractivity (Wildman–Crippen MR) is 100 cm³/mol. The first-order valence-corrected chi connectivity index (χ1v) is 9.34. The van der Waals surface area contributed by atoms with Crippen LogP contribution in [0.15, 0.2) is 30.3 Å². The van der Waals surface area contributed by atoms with E-state index in [4.69, 9.17) is 4.98 Å². The molecule has 1 aliphatic heterocycles. The predicted octanol–water partition coefficient (Wildman–Crippen LogP) is 2.74. The van der Waals surface area contributed by atoms with Crippen molar-refractivity contribution in [1.82, 2.24) is 20.1 Å². The molecule has 0 bridgehead atoms. The van der Waals surface area contributed by atoms with Crippen LogP contribution in [0.3, 0.4) is 0 Å². The van der Waals surface area contributed by atoms with Gasteiger partial charge in [0.05, 0.1) is 10.2 Å². The lowest BCUT2D eigenvalue weighted by Crippen LogP contribution is -2.44. The fourth-order valence-electron chi connectivity index (χ4n) is 3.14. The molecule has 7 heteroatoms. The third kappa shape index (κ3) is 3.24. The number of carbonyl (C=O) groups is 1. The molecule has 2 aromatic heterocycles. The molecule has 130 valence electrons. The van der Waals surface area contributed by atoms with Gasteiger partial charge in [-0.25, -0.2) is 4.98 Å². The zero-order chi connectivity index (χ0) is 17.4. The van der Waals surface area contributed by atoms with Crippen molar-refractivity contribution in [2.45, 2.75) is 25.8 Å². The van der Waals surface area contributed by atoms with Crippen LogP contribution in [-0.4, -0.2) is 39.8 Å². The number of aryl methyl sites for hydroxylation is 2. The Labute approximate surface area is 150 Å². The van der Waals surface area contributed by atoms with Crippen LogP contribution in [0.25, 0.3) is 10.2 Å². The Balaban J connectivity index is 1.37. The molecule has 25 heavy (non-hydrogen) atoms. The van der Waals surface area contributed by atoms with E-state index in [0.29, 0.717) is 5.69 Å². The molecular formula is C18H21N5OS. The summed E-state index contributed by atoms with van der Waals surface area (Å²) in [6, 6.07) is 10.2. The van der Waals surface area contributed by atoms with Gasteiger partial charge in [0.15, 0.2) is 5.13 Å². The highest BCUT2D eigenvalue weighted by Crippen LogP contribution is 2.30. The van der Waals surface area contributed by atoms with Gasteiger partial charge in [0.25, 0.3) is 5.91 Å². The van der Waals surface area contributed by atoms with E-state index in [0.717, 1.165) is 42.3 Å². The highest BCUT2D eigenvalue weighted by molar-refractivity contribution is 7.22. The fraction of sp³-hybridized carbons (Fsp3) is 0.389. The first kappa shape index (κ1) is 16.1. The number of para-hydroxylation sites is 1. The minimum absolute atomic E-state index is 0.0814. The van der Waals surface area contributed by atoms with E-state index < -0.39 is 0 Å². The van der Waals surface area contributed by atoms with Crippen LogP contribution >= 0.6 is 11.3 Å². The van der Waals surface area contributed by atoms with Crippen molar-refractivity contribution in [1.29, 1.82) is 0 Å². The van der Waals surface area contributed by atoms with Crippen molar-refractivity contribution >= 4 is 32.6 Å². The number of benzene rings is 1. The Hall–Kier alpha value is -2.41. The summed E-state index contributed by atoms with van der Waals surface area (Å²) in [6.07, 6.45) is 1.85. The molecule has 0 spiro atoms. The number of piperidine rings is 1. The van der Waals surface area contributed by atoms with Crippen LogP contribution in [0, 0.1) is 6.92 Å². The molecule has 4 rings (SSSR count). The molecule has 1 N–H and O–H groups in total. The number of anilines is 1. The van der Waals surface area contributed by atoms with E-state index >= 15 is 0 Å². The first-order valence-electron chi connectivity index (χ1n) is 8.52. The van der Waals surface area contributed by atoms with Crippen molar-refractivity contribution in [2.75, 3.05) is 18.0 Å². The molecule has 0 aliphatic carbocycles. The van der Waals surface area contributed by atoms with Crippen molar-refractivity contribution in [3.63, 3.8) is 0 Å². The number of amides is 1. The minimum Gasteiger partial charge on any atom is -0.348 e. The smallest absolute Gasteiger partial charge is 0.272 e. The molecule has 0 atom stereocenters. The number of carbonyl (C=O) groups excluding carboxylic acids is 1. The van der Waals surface area contributed by atoms with E-state index in [1.807, 2.05) is 32.2 Å². The summed E-state index contributed by atoms with van der Waals surface area (Å²) in [6.45, 7) is 3.76. The zero-order valence-electron chi connectivity index (χ0n) is 14.4. The molecule has 1 fully saturated rings. The molecule has 1 aliphatic rings. The normalized spacial score (nSPS) is 15.7. The maximum Gasteiger partial charge on any atom is 0.272 e. The fourth-order valence-corrected chi connectivity index (χ4v) is 4.16. The van der Waals surface area contributed by atoms with Gasteiger partial charge in [-0.15, -0.1) is 0 Å². The van der Waals surface area contributed by atoms with E-state index in [2.05, 4.69) is 27.4 Å². The van der Waals surface area contributed by atoms with Crippen molar-refractivity contribution in [3.05, 3.63) is 41.7 Å². The monoisotopic (exact) mass is 355 g/mol. The van der Waals surface area contributed by atoms with Gasteiger partial charge in [-0.2, -0.15) is 5.10 Å². The highest BCUT2D eigenvalue weighted by Gasteiger charge is 2.24. The van der Waals surface area contributed by atoms with Gasteiger partial charge in [-0.05, 0) is 38.0 Å². The van der Waals surface area contributed by atoms with E-state index in [1.165, 1.54) is 4.70 Å². The number of hydrogen-bond donors (Lipinski definition) is 1. The van der Waals surface area contributed by atoms with Crippen LogP contribution in [0.1, 0.15) is 29.0 Å². The molecular weight excluding hydrogens is 334 g/mol. The van der Waals surface area contributed by atoms with E-state index in [9.17, 15) is 4.79 Å². The van der Waals surface area contributed by atoms with Gasteiger partial charge < -0.3 is 10.2 Å². The summed E-state index contributed by atoms with van der Waals surface area (Å²) in [5, 5.41) is 8.44. The number of nitrogens with one attached hydrogen (secondary N) is 1. The Morgan fingerprint density at radius 1 is 1.28 bits per heavy atom. The lowest BCUT2D eigenvalue weighted by molar-refractivity contribution is 0.0925. The van der Waals surface area contributed by atoms with Crippen LogP contribution in [0.2, 0.25) is 0 Å². The maximum atomic E-state index is 12.3. The highest BCUT2D eigenvalue weighted by atomic mass is 32.1. The van der Waals surface area contributed by atoms with Gasteiger partial charge in [0, 0.05) is 31.9 Å². The number of fused-ring (bicyclic) bond motifs is 1. The summed E-state index contributed by atoms with van der Waals surface area (Å²) in [4.78, 5) is 19.4. The van der Waals surface area contributed by atoms with Crippen molar-refractivity contribution in [3.8, 4) is 0 Å². The molecule has 0 unspecified atom stereocenters. The van der Waals surface area contributed by atoms with Crippen LogP contribution < -0.4 is 10.2 Å². The molecule has 1 aromatic carbocycles. The second kappa shape index (κ2) is 6.48. The lowest BCUT2D eigenvalue weighted by atomic mass is 10.1. The van der Waals surface area contributed by atoms with Gasteiger partial charge >= 0.3 is 0 Å². The van der Waals surface area contributed by atoms with Gasteiger partial charge in [0.2, 0.25) is 0 Å². The first-order chi connectivity index (χ1) is 12.1. The average molecular weight is 355 g/mol. The number of rotatable bonds is 3. The summed E-state index contributed by atoms with van der Waals surface area (Å²) >= 11 is 1.73. The van der Waals surface area contributed by atoms with Gasteiger partial charge in [0.1, 0.15) is 5.69 Å². The number of aromatic nitrogens is 3. The minimum atomic E-state index is -0.0814. The van der Waals surface area contributed by atoms with Gasteiger partial charge in [-0.1, -0.05) is 23.5 Å². The summed E-state index contributed by atoms with van der Waals surface area (Å²) in [5.41, 5.74) is 2.54. The Kier molecular flexibility index (Phi) is 4.17. The van der Waals surface area contributed by atoms with Crippen LogP contribution in [0.5, 0.6) is 0 Å². The second-order valence-electron chi connectivity index (χ2n) is 6.49.